The largest absolute Gasteiger partial charge is 0.490 e. The molecular weight excluding hydrogens is 528 g/mol. The Morgan fingerprint density at radius 3 is 1.12 bits per heavy atom. The van der Waals surface area contributed by atoms with Crippen LogP contribution in [-0.2, 0) is 29.9 Å². The van der Waals surface area contributed by atoms with Gasteiger partial charge in [-0.05, 0) is 60.4 Å². The molecule has 0 radical (unpaired) electrons. The van der Waals surface area contributed by atoms with Crippen molar-refractivity contribution in [1.82, 2.24) is 0 Å². The molecule has 3 rings (SSSR count). The molecule has 3 aromatic rings. The third-order valence-electron chi connectivity index (χ3n) is 7.42. The van der Waals surface area contributed by atoms with Crippen LogP contribution >= 0.6 is 0 Å². The molecule has 42 heavy (non-hydrogen) atoms. The van der Waals surface area contributed by atoms with Gasteiger partial charge in [0, 0.05) is 23.0 Å². The van der Waals surface area contributed by atoms with Crippen molar-refractivity contribution in [3.63, 3.8) is 0 Å². The molecule has 6 heteroatoms. The van der Waals surface area contributed by atoms with Crippen LogP contribution in [0.3, 0.4) is 0 Å². The highest BCUT2D eigenvalue weighted by Gasteiger charge is 2.27. The van der Waals surface area contributed by atoms with Crippen LogP contribution in [0.4, 0.5) is 0 Å². The summed E-state index contributed by atoms with van der Waals surface area (Å²) < 4.78 is 21.9. The first kappa shape index (κ1) is 32.2. The molecule has 2 atom stereocenters. The molecule has 0 spiro atoms. The highest BCUT2D eigenvalue weighted by atomic mass is 16.6. The van der Waals surface area contributed by atoms with Gasteiger partial charge >= 0.3 is 11.9 Å². The van der Waals surface area contributed by atoms with E-state index in [1.165, 1.54) is 11.1 Å². The summed E-state index contributed by atoms with van der Waals surface area (Å²) in [7, 11) is 0. The van der Waals surface area contributed by atoms with Crippen molar-refractivity contribution < 1.29 is 28.5 Å². The molecule has 2 unspecified atom stereocenters. The number of carbonyl (C=O) groups is 2. The van der Waals surface area contributed by atoms with Crippen LogP contribution in [0.15, 0.2) is 98.1 Å². The first-order valence-corrected chi connectivity index (χ1v) is 14.1. The van der Waals surface area contributed by atoms with Crippen LogP contribution < -0.4 is 9.47 Å². The van der Waals surface area contributed by atoms with Crippen molar-refractivity contribution in [3.05, 3.63) is 120 Å². The second-order valence-corrected chi connectivity index (χ2v) is 11.4. The zero-order valence-corrected chi connectivity index (χ0v) is 25.5. The van der Waals surface area contributed by atoms with Crippen LogP contribution in [0, 0.1) is 0 Å². The number of ether oxygens (including phenoxy) is 4. The SMILES string of the molecule is C=CC(=O)OC(C)COc1ccc(C(C)(C)c2ccc(C(C)(C)c3ccc(OCC(C)OC(=O)C=C)cc3)cc2)cc1. The monoisotopic (exact) mass is 570 g/mol. The Hall–Kier alpha value is -4.32. The highest BCUT2D eigenvalue weighted by Crippen LogP contribution is 2.36. The maximum Gasteiger partial charge on any atom is 0.330 e. The molecule has 0 amide bonds. The maximum absolute atomic E-state index is 11.3. The molecule has 222 valence electrons. The Kier molecular flexibility index (Phi) is 10.8. The van der Waals surface area contributed by atoms with Gasteiger partial charge in [-0.3, -0.25) is 0 Å². The summed E-state index contributed by atoms with van der Waals surface area (Å²) >= 11 is 0. The zero-order chi connectivity index (χ0) is 30.9. The van der Waals surface area contributed by atoms with Gasteiger partial charge in [-0.15, -0.1) is 0 Å². The Morgan fingerprint density at radius 1 is 0.595 bits per heavy atom. The van der Waals surface area contributed by atoms with E-state index in [0.29, 0.717) is 0 Å². The van der Waals surface area contributed by atoms with Crippen molar-refractivity contribution in [2.45, 2.75) is 64.6 Å². The minimum Gasteiger partial charge on any atom is -0.490 e. The summed E-state index contributed by atoms with van der Waals surface area (Å²) in [4.78, 5) is 22.7. The molecule has 0 heterocycles. The normalized spacial score (nSPS) is 12.9. The minimum atomic E-state index is -0.461. The van der Waals surface area contributed by atoms with Gasteiger partial charge in [-0.2, -0.15) is 0 Å². The average Bonchev–Trinajstić information content (AvgIpc) is 2.99. The fourth-order valence-corrected chi connectivity index (χ4v) is 4.56. The molecule has 0 aliphatic carbocycles. The third kappa shape index (κ3) is 8.35. The van der Waals surface area contributed by atoms with E-state index in [4.69, 9.17) is 18.9 Å². The lowest BCUT2D eigenvalue weighted by Gasteiger charge is -2.30. The molecule has 0 saturated carbocycles. The van der Waals surface area contributed by atoms with E-state index in [1.54, 1.807) is 13.8 Å². The third-order valence-corrected chi connectivity index (χ3v) is 7.42. The summed E-state index contributed by atoms with van der Waals surface area (Å²) in [5, 5.41) is 0. The summed E-state index contributed by atoms with van der Waals surface area (Å²) in [6, 6.07) is 24.8. The molecule has 0 aliphatic rings. The Labute approximate surface area is 250 Å². The Morgan fingerprint density at radius 2 is 0.857 bits per heavy atom. The molecule has 3 aromatic carbocycles. The molecular formula is C36H42O6. The number of rotatable bonds is 14. The van der Waals surface area contributed by atoms with Gasteiger partial charge in [0.05, 0.1) is 0 Å². The average molecular weight is 571 g/mol. The standard InChI is InChI=1S/C36H42O6/c1-9-33(37)41-25(3)23-39-31-19-15-29(16-20-31)35(5,6)27-11-13-28(14-12-27)36(7,8)30-17-21-32(22-18-30)40-24-26(4)42-34(38)10-2/h9-22,25-26H,1-2,23-24H2,3-8H3. The van der Waals surface area contributed by atoms with Crippen LogP contribution in [0.25, 0.3) is 0 Å². The first-order chi connectivity index (χ1) is 19.9. The van der Waals surface area contributed by atoms with E-state index in [0.717, 1.165) is 34.8 Å². The lowest BCUT2D eigenvalue weighted by molar-refractivity contribution is -0.144. The number of carbonyl (C=O) groups excluding carboxylic acids is 2. The quantitative estimate of drug-likeness (QED) is 0.149. The smallest absolute Gasteiger partial charge is 0.330 e. The van der Waals surface area contributed by atoms with Crippen LogP contribution in [-0.4, -0.2) is 37.4 Å². The van der Waals surface area contributed by atoms with Gasteiger partial charge < -0.3 is 18.9 Å². The van der Waals surface area contributed by atoms with Crippen molar-refractivity contribution in [1.29, 1.82) is 0 Å². The number of benzene rings is 3. The lowest BCUT2D eigenvalue weighted by Crippen LogP contribution is -2.22. The van der Waals surface area contributed by atoms with E-state index in [1.807, 2.05) is 24.3 Å². The van der Waals surface area contributed by atoms with Gasteiger partial charge in [-0.25, -0.2) is 9.59 Å². The molecule has 0 aromatic heterocycles. The molecule has 0 saturated heterocycles. The van der Waals surface area contributed by atoms with Gasteiger partial charge in [0.15, 0.2) is 0 Å². The van der Waals surface area contributed by atoms with E-state index >= 15 is 0 Å². The Bertz CT molecular complexity index is 1250. The maximum atomic E-state index is 11.3. The van der Waals surface area contributed by atoms with Gasteiger partial charge in [0.25, 0.3) is 0 Å². The summed E-state index contributed by atoms with van der Waals surface area (Å²) in [5.74, 6) is 0.514. The van der Waals surface area contributed by atoms with Crippen LogP contribution in [0.1, 0.15) is 63.8 Å². The van der Waals surface area contributed by atoms with Crippen molar-refractivity contribution in [2.24, 2.45) is 0 Å². The first-order valence-electron chi connectivity index (χ1n) is 14.1. The number of hydrogen-bond acceptors (Lipinski definition) is 6. The van der Waals surface area contributed by atoms with E-state index in [-0.39, 0.29) is 36.3 Å². The fraction of sp³-hybridized carbons (Fsp3) is 0.333. The van der Waals surface area contributed by atoms with Crippen molar-refractivity contribution >= 4 is 11.9 Å². The fourth-order valence-electron chi connectivity index (χ4n) is 4.56. The molecule has 0 fully saturated rings. The van der Waals surface area contributed by atoms with E-state index in [2.05, 4.69) is 89.4 Å². The molecule has 0 aliphatic heterocycles. The number of esters is 2. The number of hydrogen-bond donors (Lipinski definition) is 0. The highest BCUT2D eigenvalue weighted by molar-refractivity contribution is 5.81. The minimum absolute atomic E-state index is 0.218. The van der Waals surface area contributed by atoms with Crippen LogP contribution in [0.2, 0.25) is 0 Å². The van der Waals surface area contributed by atoms with Crippen LogP contribution in [0.5, 0.6) is 11.5 Å². The molecule has 6 nitrogen and oxygen atoms in total. The predicted molar refractivity (Wildman–Crippen MR) is 166 cm³/mol. The molecule has 0 N–H and O–H groups in total. The second kappa shape index (κ2) is 14.0. The Balaban J connectivity index is 1.64. The predicted octanol–water partition coefficient (Wildman–Crippen LogP) is 7.33. The summed E-state index contributed by atoms with van der Waals surface area (Å²) in [5.41, 5.74) is 4.30. The van der Waals surface area contributed by atoms with Gasteiger partial charge in [0.1, 0.15) is 36.9 Å². The van der Waals surface area contributed by atoms with Crippen molar-refractivity contribution in [2.75, 3.05) is 13.2 Å². The van der Waals surface area contributed by atoms with Gasteiger partial charge in [0.2, 0.25) is 0 Å². The topological polar surface area (TPSA) is 71.1 Å². The lowest BCUT2D eigenvalue weighted by atomic mass is 9.74. The second-order valence-electron chi connectivity index (χ2n) is 11.4. The molecule has 0 bridgehead atoms. The van der Waals surface area contributed by atoms with E-state index < -0.39 is 11.9 Å². The summed E-state index contributed by atoms with van der Waals surface area (Å²) in [6.45, 7) is 19.7. The van der Waals surface area contributed by atoms with Crippen molar-refractivity contribution in [3.8, 4) is 11.5 Å². The summed E-state index contributed by atoms with van der Waals surface area (Å²) in [6.07, 6.45) is 1.55. The zero-order valence-electron chi connectivity index (χ0n) is 25.5. The van der Waals surface area contributed by atoms with Gasteiger partial charge in [-0.1, -0.05) is 89.4 Å². The van der Waals surface area contributed by atoms with E-state index in [9.17, 15) is 9.59 Å².